The third-order valence-corrected chi connectivity index (χ3v) is 4.73. The molecule has 0 atom stereocenters. The van der Waals surface area contributed by atoms with E-state index in [1.165, 1.54) is 23.7 Å². The van der Waals surface area contributed by atoms with E-state index in [1.807, 2.05) is 13.8 Å². The van der Waals surface area contributed by atoms with Crippen LogP contribution in [0.15, 0.2) is 28.7 Å². The van der Waals surface area contributed by atoms with E-state index in [-0.39, 0.29) is 10.8 Å². The number of aromatic nitrogens is 3. The van der Waals surface area contributed by atoms with Crippen molar-refractivity contribution in [3.63, 3.8) is 0 Å². The molecule has 0 aliphatic heterocycles. The van der Waals surface area contributed by atoms with Crippen LogP contribution < -0.4 is 10.0 Å². The zero-order valence-corrected chi connectivity index (χ0v) is 12.7. The fraction of sp³-hybridized carbons (Fsp3) is 0.364. The van der Waals surface area contributed by atoms with Gasteiger partial charge in [0.05, 0.1) is 17.3 Å². The second-order valence-electron chi connectivity index (χ2n) is 4.36. The van der Waals surface area contributed by atoms with Crippen LogP contribution in [0.25, 0.3) is 0 Å². The second kappa shape index (κ2) is 6.25. The summed E-state index contributed by atoms with van der Waals surface area (Å²) in [6, 6.07) is 1.98. The van der Waals surface area contributed by atoms with E-state index in [1.54, 1.807) is 11.4 Å². The van der Waals surface area contributed by atoms with Gasteiger partial charge in [-0.2, -0.15) is 5.10 Å². The molecule has 0 saturated carbocycles. The predicted molar refractivity (Wildman–Crippen MR) is 76.9 cm³/mol. The van der Waals surface area contributed by atoms with Crippen LogP contribution in [-0.4, -0.2) is 29.6 Å². The summed E-state index contributed by atoms with van der Waals surface area (Å²) in [6.45, 7) is 4.71. The Hall–Kier alpha value is -1.58. The van der Waals surface area contributed by atoms with Gasteiger partial charge in [-0.25, -0.2) is 18.1 Å². The van der Waals surface area contributed by atoms with E-state index in [0.29, 0.717) is 12.6 Å². The van der Waals surface area contributed by atoms with Gasteiger partial charge in [0.15, 0.2) is 0 Å². The molecule has 0 spiro atoms. The van der Waals surface area contributed by atoms with Crippen molar-refractivity contribution >= 4 is 27.3 Å². The highest BCUT2D eigenvalue weighted by Crippen LogP contribution is 2.20. The topological polar surface area (TPSA) is 96.9 Å². The van der Waals surface area contributed by atoms with E-state index in [9.17, 15) is 8.42 Å². The number of nitrogens with zero attached hydrogens (tertiary/aromatic N) is 3. The van der Waals surface area contributed by atoms with E-state index in [4.69, 9.17) is 0 Å². The molecule has 0 unspecified atom stereocenters. The molecule has 0 aliphatic carbocycles. The van der Waals surface area contributed by atoms with Crippen LogP contribution in [0.2, 0.25) is 0 Å². The monoisotopic (exact) mass is 313 g/mol. The van der Waals surface area contributed by atoms with Crippen molar-refractivity contribution in [3.05, 3.63) is 28.7 Å². The third kappa shape index (κ3) is 3.95. The van der Waals surface area contributed by atoms with Gasteiger partial charge >= 0.3 is 0 Å². The fourth-order valence-electron chi connectivity index (χ4n) is 1.37. The van der Waals surface area contributed by atoms with Gasteiger partial charge in [0.1, 0.15) is 0 Å². The van der Waals surface area contributed by atoms with Gasteiger partial charge in [-0.15, -0.1) is 16.4 Å². The van der Waals surface area contributed by atoms with Crippen LogP contribution in [0.5, 0.6) is 0 Å². The molecular formula is C11H15N5O2S2. The maximum atomic E-state index is 12.1. The number of hydrogen-bond acceptors (Lipinski definition) is 7. The molecule has 2 heterocycles. The van der Waals surface area contributed by atoms with Gasteiger partial charge < -0.3 is 5.32 Å². The average Bonchev–Trinajstić information content (AvgIpc) is 2.86. The summed E-state index contributed by atoms with van der Waals surface area (Å²) < 4.78 is 26.5. The molecule has 7 nitrogen and oxygen atoms in total. The predicted octanol–water partition coefficient (Wildman–Crippen LogP) is 1.23. The molecule has 0 aromatic carbocycles. The van der Waals surface area contributed by atoms with Gasteiger partial charge in [0.25, 0.3) is 16.0 Å². The number of sulfonamides is 1. The molecule has 20 heavy (non-hydrogen) atoms. The maximum Gasteiger partial charge on any atom is 0.265 e. The summed E-state index contributed by atoms with van der Waals surface area (Å²) in [5.41, 5.74) is 0. The van der Waals surface area contributed by atoms with Crippen LogP contribution in [0.4, 0.5) is 5.95 Å². The van der Waals surface area contributed by atoms with Crippen molar-refractivity contribution in [2.75, 3.05) is 4.72 Å². The Morgan fingerprint density at radius 3 is 2.80 bits per heavy atom. The second-order valence-corrected chi connectivity index (χ2v) is 7.03. The molecule has 2 N–H and O–H groups in total. The smallest absolute Gasteiger partial charge is 0.265 e. The molecule has 2 aromatic rings. The van der Waals surface area contributed by atoms with Gasteiger partial charge in [0.2, 0.25) is 0 Å². The van der Waals surface area contributed by atoms with E-state index in [0.717, 1.165) is 4.88 Å². The molecule has 108 valence electrons. The number of nitrogens with one attached hydrogen (secondary N) is 2. The molecule has 9 heteroatoms. The minimum atomic E-state index is -3.66. The third-order valence-electron chi connectivity index (χ3n) is 2.33. The quantitative estimate of drug-likeness (QED) is 0.832. The molecule has 0 bridgehead atoms. The largest absolute Gasteiger partial charge is 0.310 e. The lowest BCUT2D eigenvalue weighted by Gasteiger charge is -2.05. The Labute approximate surface area is 121 Å². The van der Waals surface area contributed by atoms with Crippen molar-refractivity contribution < 1.29 is 8.42 Å². The first-order valence-electron chi connectivity index (χ1n) is 5.94. The zero-order valence-electron chi connectivity index (χ0n) is 11.1. The van der Waals surface area contributed by atoms with Gasteiger partial charge in [-0.05, 0) is 6.07 Å². The molecule has 0 fully saturated rings. The standard InChI is InChI=1S/C11H15N5O2S2/c1-8(2)13-6-9-5-10(7-19-9)20(17,18)16-11-12-3-4-14-15-11/h3-5,7-8,13H,6H2,1-2H3,(H,12,15,16). The van der Waals surface area contributed by atoms with E-state index < -0.39 is 10.0 Å². The summed E-state index contributed by atoms with van der Waals surface area (Å²) in [4.78, 5) is 4.94. The van der Waals surface area contributed by atoms with Crippen molar-refractivity contribution in [2.45, 2.75) is 31.3 Å². The minimum absolute atomic E-state index is 0.0412. The van der Waals surface area contributed by atoms with Crippen LogP contribution in [-0.2, 0) is 16.6 Å². The molecule has 0 radical (unpaired) electrons. The first-order chi connectivity index (χ1) is 9.47. The minimum Gasteiger partial charge on any atom is -0.310 e. The summed E-state index contributed by atoms with van der Waals surface area (Å²) >= 11 is 1.39. The van der Waals surface area contributed by atoms with E-state index in [2.05, 4.69) is 25.2 Å². The highest BCUT2D eigenvalue weighted by atomic mass is 32.2. The van der Waals surface area contributed by atoms with Gasteiger partial charge in [-0.1, -0.05) is 13.8 Å². The lowest BCUT2D eigenvalue weighted by atomic mass is 10.4. The molecule has 2 aromatic heterocycles. The zero-order chi connectivity index (χ0) is 14.6. The Bertz CT molecular complexity index is 654. The number of thiophene rings is 1. The normalized spacial score (nSPS) is 11.8. The van der Waals surface area contributed by atoms with Crippen molar-refractivity contribution in [3.8, 4) is 0 Å². The molecule has 0 saturated heterocycles. The summed E-state index contributed by atoms with van der Waals surface area (Å²) in [6.07, 6.45) is 2.74. The number of hydrogen-bond donors (Lipinski definition) is 2. The maximum absolute atomic E-state index is 12.1. The molecule has 0 amide bonds. The first kappa shape index (κ1) is 14.8. The highest BCUT2D eigenvalue weighted by Gasteiger charge is 2.17. The van der Waals surface area contributed by atoms with Crippen LogP contribution in [0, 0.1) is 0 Å². The number of anilines is 1. The lowest BCUT2D eigenvalue weighted by molar-refractivity contribution is 0.592. The fourth-order valence-corrected chi connectivity index (χ4v) is 3.54. The van der Waals surface area contributed by atoms with Crippen molar-refractivity contribution in [1.82, 2.24) is 20.5 Å². The number of rotatable bonds is 6. The van der Waals surface area contributed by atoms with Crippen LogP contribution in [0.1, 0.15) is 18.7 Å². The Morgan fingerprint density at radius 1 is 1.35 bits per heavy atom. The molecule has 0 aliphatic rings. The van der Waals surface area contributed by atoms with Crippen LogP contribution >= 0.6 is 11.3 Å². The Kier molecular flexibility index (Phi) is 4.63. The molecule has 2 rings (SSSR count). The summed E-state index contributed by atoms with van der Waals surface area (Å²) in [5, 5.41) is 12.0. The van der Waals surface area contributed by atoms with Crippen LogP contribution in [0.3, 0.4) is 0 Å². The Morgan fingerprint density at radius 2 is 2.15 bits per heavy atom. The summed E-state index contributed by atoms with van der Waals surface area (Å²) in [5.74, 6) is -0.0412. The van der Waals surface area contributed by atoms with E-state index >= 15 is 0 Å². The van der Waals surface area contributed by atoms with Crippen molar-refractivity contribution in [2.24, 2.45) is 0 Å². The molecular weight excluding hydrogens is 298 g/mol. The average molecular weight is 313 g/mol. The van der Waals surface area contributed by atoms with Gasteiger partial charge in [0, 0.05) is 22.8 Å². The Balaban J connectivity index is 2.10. The van der Waals surface area contributed by atoms with Crippen molar-refractivity contribution in [1.29, 1.82) is 0 Å². The highest BCUT2D eigenvalue weighted by molar-refractivity contribution is 7.92. The lowest BCUT2D eigenvalue weighted by Crippen LogP contribution is -2.21. The SMILES string of the molecule is CC(C)NCc1cc(S(=O)(=O)Nc2nccnn2)cs1. The van der Waals surface area contributed by atoms with Gasteiger partial charge in [-0.3, -0.25) is 0 Å². The first-order valence-corrected chi connectivity index (χ1v) is 8.31. The summed E-state index contributed by atoms with van der Waals surface area (Å²) in [7, 11) is -3.66.